The maximum Gasteiger partial charge on any atom is 0.301 e. The number of hydrogen-bond donors (Lipinski definition) is 2. The van der Waals surface area contributed by atoms with Gasteiger partial charge in [0.2, 0.25) is 0 Å². The van der Waals surface area contributed by atoms with Crippen LogP contribution in [0.2, 0.25) is 0 Å². The highest BCUT2D eigenvalue weighted by Gasteiger charge is 2.31. The van der Waals surface area contributed by atoms with Gasteiger partial charge in [0.25, 0.3) is 0 Å². The Labute approximate surface area is 123 Å². The van der Waals surface area contributed by atoms with Gasteiger partial charge < -0.3 is 5.32 Å². The van der Waals surface area contributed by atoms with Crippen LogP contribution in [0, 0.1) is 11.6 Å². The van der Waals surface area contributed by atoms with Gasteiger partial charge in [-0.2, -0.15) is 12.7 Å². The third-order valence-electron chi connectivity index (χ3n) is 3.43. The fourth-order valence-corrected chi connectivity index (χ4v) is 4.03. The molecule has 0 radical (unpaired) electrons. The Balaban J connectivity index is 2.19. The van der Waals surface area contributed by atoms with Crippen LogP contribution >= 0.6 is 0 Å². The summed E-state index contributed by atoms with van der Waals surface area (Å²) in [5, 5.41) is 2.97. The summed E-state index contributed by atoms with van der Waals surface area (Å²) < 4.78 is 54.7. The molecule has 0 aliphatic carbocycles. The van der Waals surface area contributed by atoms with Crippen molar-refractivity contribution in [2.75, 3.05) is 24.9 Å². The highest BCUT2D eigenvalue weighted by molar-refractivity contribution is 7.90. The van der Waals surface area contributed by atoms with Crippen molar-refractivity contribution >= 4 is 15.9 Å². The maximum absolute atomic E-state index is 13.1. The molecular weight excluding hydrogens is 300 g/mol. The first-order valence-corrected chi connectivity index (χ1v) is 8.26. The highest BCUT2D eigenvalue weighted by atomic mass is 32.2. The van der Waals surface area contributed by atoms with Crippen molar-refractivity contribution in [3.05, 3.63) is 29.8 Å². The number of rotatable bonds is 5. The first-order chi connectivity index (χ1) is 9.92. The lowest BCUT2D eigenvalue weighted by atomic mass is 10.1. The number of hydrogen-bond acceptors (Lipinski definition) is 3. The molecule has 2 N–H and O–H groups in total. The van der Waals surface area contributed by atoms with Gasteiger partial charge in [-0.3, -0.25) is 4.72 Å². The Kier molecular flexibility index (Phi) is 5.13. The van der Waals surface area contributed by atoms with E-state index < -0.39 is 21.8 Å². The summed E-state index contributed by atoms with van der Waals surface area (Å²) in [5.41, 5.74) is -0.110. The lowest BCUT2D eigenvalue weighted by Crippen LogP contribution is -2.49. The van der Waals surface area contributed by atoms with Gasteiger partial charge in [-0.05, 0) is 32.0 Å². The molecule has 1 aromatic carbocycles. The quantitative estimate of drug-likeness (QED) is 0.868. The molecule has 2 rings (SSSR count). The highest BCUT2D eigenvalue weighted by Crippen LogP contribution is 2.22. The molecule has 5 nitrogen and oxygen atoms in total. The first-order valence-electron chi connectivity index (χ1n) is 6.82. The van der Waals surface area contributed by atoms with E-state index in [-0.39, 0.29) is 11.7 Å². The van der Waals surface area contributed by atoms with Gasteiger partial charge in [-0.25, -0.2) is 8.78 Å². The summed E-state index contributed by atoms with van der Waals surface area (Å²) in [6.45, 7) is 0.942. The predicted octanol–water partition coefficient (Wildman–Crippen LogP) is 1.70. The fraction of sp³-hybridized carbons (Fsp3) is 0.538. The molecule has 0 saturated carbocycles. The molecule has 1 heterocycles. The van der Waals surface area contributed by atoms with E-state index in [1.807, 2.05) is 0 Å². The Morgan fingerprint density at radius 2 is 1.90 bits per heavy atom. The van der Waals surface area contributed by atoms with Gasteiger partial charge in [0.15, 0.2) is 0 Å². The zero-order valence-corrected chi connectivity index (χ0v) is 12.6. The molecule has 0 aromatic heterocycles. The van der Waals surface area contributed by atoms with Crippen LogP contribution < -0.4 is 10.0 Å². The molecule has 0 spiro atoms. The van der Waals surface area contributed by atoms with E-state index >= 15 is 0 Å². The largest absolute Gasteiger partial charge is 0.318 e. The summed E-state index contributed by atoms with van der Waals surface area (Å²) in [6, 6.07) is 2.46. The molecule has 118 valence electrons. The van der Waals surface area contributed by atoms with E-state index in [1.165, 1.54) is 4.31 Å². The minimum atomic E-state index is -3.83. The Morgan fingerprint density at radius 1 is 1.24 bits per heavy atom. The van der Waals surface area contributed by atoms with Gasteiger partial charge in [-0.1, -0.05) is 6.42 Å². The van der Waals surface area contributed by atoms with Gasteiger partial charge in [0, 0.05) is 25.2 Å². The van der Waals surface area contributed by atoms with Crippen LogP contribution in [0.15, 0.2) is 18.2 Å². The van der Waals surface area contributed by atoms with Crippen LogP contribution in [0.5, 0.6) is 0 Å². The molecule has 1 aliphatic heterocycles. The third-order valence-corrected chi connectivity index (χ3v) is 5.02. The van der Waals surface area contributed by atoms with Crippen molar-refractivity contribution in [3.63, 3.8) is 0 Å². The molecule has 1 atom stereocenters. The number of benzene rings is 1. The fourth-order valence-electron chi connectivity index (χ4n) is 2.55. The average molecular weight is 319 g/mol. The summed E-state index contributed by atoms with van der Waals surface area (Å²) in [5.74, 6) is -1.64. The second-order valence-electron chi connectivity index (χ2n) is 5.08. The van der Waals surface area contributed by atoms with E-state index in [1.54, 1.807) is 7.05 Å². The molecular formula is C13H19F2N3O2S. The minimum Gasteiger partial charge on any atom is -0.318 e. The van der Waals surface area contributed by atoms with E-state index in [0.717, 1.165) is 31.4 Å². The van der Waals surface area contributed by atoms with Crippen molar-refractivity contribution in [3.8, 4) is 0 Å². The molecule has 8 heteroatoms. The zero-order chi connectivity index (χ0) is 15.5. The topological polar surface area (TPSA) is 61.4 Å². The number of piperidine rings is 1. The van der Waals surface area contributed by atoms with Crippen LogP contribution in [0.4, 0.5) is 14.5 Å². The number of nitrogens with zero attached hydrogens (tertiary/aromatic N) is 1. The van der Waals surface area contributed by atoms with Crippen molar-refractivity contribution in [1.29, 1.82) is 0 Å². The normalized spacial score (nSPS) is 20.4. The van der Waals surface area contributed by atoms with Crippen LogP contribution in [0.1, 0.15) is 19.3 Å². The SMILES string of the molecule is CNCC1CCCCN1S(=O)(=O)Nc1cc(F)cc(F)c1. The van der Waals surface area contributed by atoms with E-state index in [4.69, 9.17) is 0 Å². The van der Waals surface area contributed by atoms with Crippen molar-refractivity contribution in [2.45, 2.75) is 25.3 Å². The summed E-state index contributed by atoms with van der Waals surface area (Å²) in [7, 11) is -2.07. The third kappa shape index (κ3) is 4.12. The Hall–Kier alpha value is -1.25. The van der Waals surface area contributed by atoms with Crippen molar-refractivity contribution in [1.82, 2.24) is 9.62 Å². The lowest BCUT2D eigenvalue weighted by molar-refractivity contribution is 0.250. The Bertz CT molecular complexity index is 573. The molecule has 21 heavy (non-hydrogen) atoms. The van der Waals surface area contributed by atoms with E-state index in [0.29, 0.717) is 19.2 Å². The van der Waals surface area contributed by atoms with Gasteiger partial charge >= 0.3 is 10.2 Å². The molecule has 1 fully saturated rings. The summed E-state index contributed by atoms with van der Waals surface area (Å²) >= 11 is 0. The second-order valence-corrected chi connectivity index (χ2v) is 6.71. The molecule has 0 amide bonds. The van der Waals surface area contributed by atoms with Gasteiger partial charge in [0.05, 0.1) is 5.69 Å². The van der Waals surface area contributed by atoms with Crippen molar-refractivity contribution < 1.29 is 17.2 Å². The van der Waals surface area contributed by atoms with E-state index in [2.05, 4.69) is 10.0 Å². The van der Waals surface area contributed by atoms with Crippen LogP contribution in [0.25, 0.3) is 0 Å². The van der Waals surface area contributed by atoms with Gasteiger partial charge in [0.1, 0.15) is 11.6 Å². The average Bonchev–Trinajstić information content (AvgIpc) is 2.37. The van der Waals surface area contributed by atoms with E-state index in [9.17, 15) is 17.2 Å². The second kappa shape index (κ2) is 6.67. The monoisotopic (exact) mass is 319 g/mol. The molecule has 1 unspecified atom stereocenters. The molecule has 0 bridgehead atoms. The summed E-state index contributed by atoms with van der Waals surface area (Å²) in [4.78, 5) is 0. The van der Waals surface area contributed by atoms with Crippen LogP contribution in [-0.4, -0.2) is 38.9 Å². The number of likely N-dealkylation sites (N-methyl/N-ethyl adjacent to an activating group) is 1. The van der Waals surface area contributed by atoms with Crippen LogP contribution in [0.3, 0.4) is 0 Å². The lowest BCUT2D eigenvalue weighted by Gasteiger charge is -2.34. The van der Waals surface area contributed by atoms with Crippen LogP contribution in [-0.2, 0) is 10.2 Å². The first kappa shape index (κ1) is 16.1. The minimum absolute atomic E-state index is 0.110. The zero-order valence-electron chi connectivity index (χ0n) is 11.8. The molecule has 1 aromatic rings. The molecule has 1 aliphatic rings. The smallest absolute Gasteiger partial charge is 0.301 e. The summed E-state index contributed by atoms with van der Waals surface area (Å²) in [6.07, 6.45) is 2.50. The standard InChI is InChI=1S/C13H19F2N3O2S/c1-16-9-13-4-2-3-5-18(13)21(19,20)17-12-7-10(14)6-11(15)8-12/h6-8,13,16-17H,2-5,9H2,1H3. The Morgan fingerprint density at radius 3 is 2.52 bits per heavy atom. The number of halogens is 2. The van der Waals surface area contributed by atoms with Gasteiger partial charge in [-0.15, -0.1) is 0 Å². The predicted molar refractivity (Wildman–Crippen MR) is 77.2 cm³/mol. The molecule has 1 saturated heterocycles. The number of anilines is 1. The maximum atomic E-state index is 13.1. The number of nitrogens with one attached hydrogen (secondary N) is 2. The van der Waals surface area contributed by atoms with Crippen molar-refractivity contribution in [2.24, 2.45) is 0 Å².